The summed E-state index contributed by atoms with van der Waals surface area (Å²) in [6, 6.07) is 12.9. The third-order valence-corrected chi connectivity index (χ3v) is 14.2. The van der Waals surface area contributed by atoms with Crippen molar-refractivity contribution in [2.24, 2.45) is 17.1 Å². The van der Waals surface area contributed by atoms with Gasteiger partial charge in [0.15, 0.2) is 17.1 Å². The second-order valence-electron chi connectivity index (χ2n) is 18.0. The summed E-state index contributed by atoms with van der Waals surface area (Å²) >= 11 is 0. The first kappa shape index (κ1) is 37.7. The van der Waals surface area contributed by atoms with Crippen LogP contribution in [0, 0.1) is 11.3 Å². The zero-order valence-electron chi connectivity index (χ0n) is 33.6. The zero-order valence-corrected chi connectivity index (χ0v) is 33.6. The van der Waals surface area contributed by atoms with Gasteiger partial charge in [-0.25, -0.2) is 14.8 Å². The van der Waals surface area contributed by atoms with Gasteiger partial charge in [-0.05, 0) is 104 Å². The number of fused-ring (bicyclic) bond motifs is 3. The van der Waals surface area contributed by atoms with Gasteiger partial charge < -0.3 is 35.2 Å². The van der Waals surface area contributed by atoms with Crippen LogP contribution in [-0.2, 0) is 22.4 Å². The van der Waals surface area contributed by atoms with Crippen LogP contribution in [0.15, 0.2) is 47.1 Å². The first-order valence-corrected chi connectivity index (χ1v) is 21.4. The molecule has 1 unspecified atom stereocenters. The fraction of sp³-hybridized carbons (Fsp3) is 0.523. The first-order valence-electron chi connectivity index (χ1n) is 21.4. The van der Waals surface area contributed by atoms with Crippen molar-refractivity contribution >= 4 is 52.0 Å². The Morgan fingerprint density at radius 1 is 1.00 bits per heavy atom. The molecule has 6 heterocycles. The molecule has 2 aromatic heterocycles. The van der Waals surface area contributed by atoms with Crippen LogP contribution in [-0.4, -0.2) is 112 Å². The van der Waals surface area contributed by atoms with E-state index < -0.39 is 11.8 Å². The fourth-order valence-electron chi connectivity index (χ4n) is 11.0. The SMILES string of the molecule is CN1CCN([C@@H]2CCCN(c3cnc(C(N)=O)c(Nc4ccc(C5CCC6(CC5)CN(C[C@@H]5Cc7ccc8c(C9CCC(=O)NC9=O)noc8c7C5)C6)cc4)n3)C2)C1=O. The molecule has 15 heteroatoms. The molecular formula is C44H52N10O5. The predicted molar refractivity (Wildman–Crippen MR) is 220 cm³/mol. The van der Waals surface area contributed by atoms with Gasteiger partial charge in [-0.3, -0.25) is 19.7 Å². The van der Waals surface area contributed by atoms with Crippen LogP contribution in [0.25, 0.3) is 11.0 Å². The number of aromatic nitrogens is 3. The molecule has 15 nitrogen and oxygen atoms in total. The van der Waals surface area contributed by atoms with Crippen LogP contribution in [0.4, 0.5) is 22.1 Å². The molecule has 10 rings (SSSR count). The number of urea groups is 1. The van der Waals surface area contributed by atoms with Gasteiger partial charge in [0.2, 0.25) is 11.8 Å². The van der Waals surface area contributed by atoms with Crippen LogP contribution in [0.2, 0.25) is 0 Å². The Labute approximate surface area is 343 Å². The summed E-state index contributed by atoms with van der Waals surface area (Å²) in [5.41, 5.74) is 12.4. The second-order valence-corrected chi connectivity index (χ2v) is 18.0. The maximum atomic E-state index is 12.7. The van der Waals surface area contributed by atoms with E-state index >= 15 is 0 Å². The standard InChI is InChI=1S/C44H52N10O5/c1-51-17-18-54(43(51)58)31-3-2-16-53(23-31)35-21-46-38(40(45)56)41(48-35)47-30-7-4-27(5-8-30)28-12-14-44(15-13-28)24-52(25-44)22-26-19-29-6-9-32-37(50-59-39(32)34(29)20-26)33-10-11-36(55)49-42(33)57/h4-9,21,26,28,31,33H,2-3,10-20,22-25H2,1H3,(H2,45,56)(H,47,48)(H,49,55,57)/t26-,31-,33?/m1/s1. The Morgan fingerprint density at radius 3 is 2.56 bits per heavy atom. The zero-order chi connectivity index (χ0) is 40.4. The molecule has 308 valence electrons. The summed E-state index contributed by atoms with van der Waals surface area (Å²) in [7, 11) is 1.84. The molecule has 0 bridgehead atoms. The van der Waals surface area contributed by atoms with Crippen molar-refractivity contribution in [2.45, 2.75) is 82.1 Å². The number of nitrogens with one attached hydrogen (secondary N) is 2. The molecule has 4 N–H and O–H groups in total. The Kier molecular flexibility index (Phi) is 9.53. The van der Waals surface area contributed by atoms with Gasteiger partial charge >= 0.3 is 6.03 Å². The summed E-state index contributed by atoms with van der Waals surface area (Å²) in [5.74, 6) is 0.434. The number of piperidine rings is 2. The molecule has 4 aromatic rings. The van der Waals surface area contributed by atoms with Crippen molar-refractivity contribution in [3.05, 3.63) is 70.7 Å². The van der Waals surface area contributed by atoms with Gasteiger partial charge in [-0.15, -0.1) is 0 Å². The molecule has 1 saturated carbocycles. The molecule has 0 radical (unpaired) electrons. The summed E-state index contributed by atoms with van der Waals surface area (Å²) in [6.45, 7) is 6.32. The highest BCUT2D eigenvalue weighted by atomic mass is 16.5. The van der Waals surface area contributed by atoms with Crippen molar-refractivity contribution < 1.29 is 23.7 Å². The number of benzene rings is 2. The van der Waals surface area contributed by atoms with E-state index in [2.05, 4.69) is 60.9 Å². The van der Waals surface area contributed by atoms with Gasteiger partial charge in [0.05, 0.1) is 18.2 Å². The molecular weight excluding hydrogens is 749 g/mol. The van der Waals surface area contributed by atoms with Crippen molar-refractivity contribution in [3.8, 4) is 0 Å². The monoisotopic (exact) mass is 800 g/mol. The van der Waals surface area contributed by atoms with E-state index in [-0.39, 0.29) is 29.6 Å². The minimum Gasteiger partial charge on any atom is -0.364 e. The van der Waals surface area contributed by atoms with Crippen LogP contribution >= 0.6 is 0 Å². The number of primary amides is 1. The molecule has 5 fully saturated rings. The number of anilines is 3. The van der Waals surface area contributed by atoms with E-state index in [1.54, 1.807) is 11.1 Å². The van der Waals surface area contributed by atoms with Crippen molar-refractivity contribution in [2.75, 3.05) is 63.1 Å². The van der Waals surface area contributed by atoms with E-state index in [1.165, 1.54) is 42.4 Å². The number of rotatable bonds is 9. The summed E-state index contributed by atoms with van der Waals surface area (Å²) in [6.07, 6.45) is 11.0. The lowest BCUT2D eigenvalue weighted by Crippen LogP contribution is -2.58. The van der Waals surface area contributed by atoms with Crippen LogP contribution < -0.4 is 21.3 Å². The Balaban J connectivity index is 0.723. The number of hydrogen-bond donors (Lipinski definition) is 3. The lowest BCUT2D eigenvalue weighted by atomic mass is 9.64. The van der Waals surface area contributed by atoms with E-state index in [9.17, 15) is 19.2 Å². The third kappa shape index (κ3) is 7.06. The minimum absolute atomic E-state index is 0.0737. The van der Waals surface area contributed by atoms with Crippen molar-refractivity contribution in [1.82, 2.24) is 35.1 Å². The number of hydrogen-bond acceptors (Lipinski definition) is 11. The normalized spacial score (nSPS) is 24.8. The molecule has 4 aliphatic heterocycles. The highest BCUT2D eigenvalue weighted by molar-refractivity contribution is 6.02. The maximum absolute atomic E-state index is 12.7. The molecule has 3 atom stereocenters. The fourth-order valence-corrected chi connectivity index (χ4v) is 11.0. The first-order chi connectivity index (χ1) is 28.6. The van der Waals surface area contributed by atoms with Gasteiger partial charge in [0.25, 0.3) is 5.91 Å². The quantitative estimate of drug-likeness (QED) is 0.200. The summed E-state index contributed by atoms with van der Waals surface area (Å²) < 4.78 is 5.88. The lowest BCUT2D eigenvalue weighted by Gasteiger charge is -2.54. The minimum atomic E-state index is -0.639. The van der Waals surface area contributed by atoms with Crippen molar-refractivity contribution in [3.63, 3.8) is 0 Å². The number of amides is 5. The van der Waals surface area contributed by atoms with E-state index in [0.29, 0.717) is 54.0 Å². The molecule has 4 saturated heterocycles. The summed E-state index contributed by atoms with van der Waals surface area (Å²) in [5, 5.41) is 11.0. The number of nitrogens with zero attached hydrogens (tertiary/aromatic N) is 7. The Bertz CT molecular complexity index is 2310. The van der Waals surface area contributed by atoms with Gasteiger partial charge in [0, 0.05) is 75.9 Å². The van der Waals surface area contributed by atoms with E-state index in [4.69, 9.17) is 15.2 Å². The van der Waals surface area contributed by atoms with Crippen LogP contribution in [0.5, 0.6) is 0 Å². The largest absolute Gasteiger partial charge is 0.364 e. The predicted octanol–water partition coefficient (Wildman–Crippen LogP) is 4.69. The molecule has 5 amide bonds. The van der Waals surface area contributed by atoms with Crippen LogP contribution in [0.1, 0.15) is 96.1 Å². The molecule has 1 spiro atoms. The third-order valence-electron chi connectivity index (χ3n) is 14.2. The Morgan fingerprint density at radius 2 is 1.81 bits per heavy atom. The summed E-state index contributed by atoms with van der Waals surface area (Å²) in [4.78, 5) is 67.1. The number of nitrogens with two attached hydrogens (primary N) is 1. The molecule has 2 aromatic carbocycles. The average Bonchev–Trinajstić information content (AvgIpc) is 3.94. The number of likely N-dealkylation sites (N-methyl/N-ethyl adjacent to an activating group) is 1. The smallest absolute Gasteiger partial charge is 0.320 e. The lowest BCUT2D eigenvalue weighted by molar-refractivity contribution is -0.134. The van der Waals surface area contributed by atoms with E-state index in [0.717, 1.165) is 81.6 Å². The highest BCUT2D eigenvalue weighted by Gasteiger charge is 2.46. The average molecular weight is 801 g/mol. The van der Waals surface area contributed by atoms with Crippen LogP contribution in [0.3, 0.4) is 0 Å². The van der Waals surface area contributed by atoms with Crippen molar-refractivity contribution in [1.29, 1.82) is 0 Å². The Hall–Kier alpha value is -5.57. The topological polar surface area (TPSA) is 183 Å². The maximum Gasteiger partial charge on any atom is 0.320 e. The highest BCUT2D eigenvalue weighted by Crippen LogP contribution is 2.49. The van der Waals surface area contributed by atoms with Gasteiger partial charge in [-0.1, -0.05) is 23.4 Å². The molecule has 6 aliphatic rings. The van der Waals surface area contributed by atoms with E-state index in [1.807, 2.05) is 18.0 Å². The number of likely N-dealkylation sites (tertiary alicyclic amines) is 1. The van der Waals surface area contributed by atoms with Gasteiger partial charge in [-0.2, -0.15) is 0 Å². The number of carbonyl (C=O) groups is 4. The second kappa shape index (κ2) is 14.9. The molecule has 2 aliphatic carbocycles. The number of carbonyl (C=O) groups excluding carboxylic acids is 4. The molecule has 59 heavy (non-hydrogen) atoms. The number of imide groups is 1. The van der Waals surface area contributed by atoms with Gasteiger partial charge in [0.1, 0.15) is 11.5 Å².